The minimum Gasteiger partial charge on any atom is -0.395 e. The number of nitro benzene ring substituents is 1. The first-order chi connectivity index (χ1) is 14.3. The number of anilines is 1. The normalized spacial score (nSPS) is 11.7. The van der Waals surface area contributed by atoms with E-state index < -0.39 is 32.8 Å². The van der Waals surface area contributed by atoms with Crippen LogP contribution in [0.5, 0.6) is 0 Å². The van der Waals surface area contributed by atoms with Crippen molar-refractivity contribution >= 4 is 32.6 Å². The van der Waals surface area contributed by atoms with Gasteiger partial charge >= 0.3 is 0 Å². The molecule has 3 N–H and O–H groups in total. The minimum atomic E-state index is -3.99. The molecule has 0 saturated heterocycles. The molecule has 162 valence electrons. The number of nitrogens with zero attached hydrogens (tertiary/aromatic N) is 4. The van der Waals surface area contributed by atoms with Gasteiger partial charge in [-0.1, -0.05) is 0 Å². The third kappa shape index (κ3) is 6.03. The molecule has 0 fully saturated rings. The molecule has 0 aliphatic heterocycles. The fourth-order valence-electron chi connectivity index (χ4n) is 2.63. The molecule has 30 heavy (non-hydrogen) atoms. The molecular weight excluding hydrogens is 416 g/mol. The van der Waals surface area contributed by atoms with E-state index in [2.05, 4.69) is 10.2 Å². The number of sulfone groups is 1. The number of benzene rings is 2. The zero-order valence-corrected chi connectivity index (χ0v) is 16.8. The van der Waals surface area contributed by atoms with Gasteiger partial charge in [0.1, 0.15) is 10.6 Å². The van der Waals surface area contributed by atoms with Gasteiger partial charge in [-0.2, -0.15) is 5.11 Å². The lowest BCUT2D eigenvalue weighted by Crippen LogP contribution is -2.29. The van der Waals surface area contributed by atoms with Crippen LogP contribution in [0.2, 0.25) is 0 Å². The summed E-state index contributed by atoms with van der Waals surface area (Å²) >= 11 is 0. The first-order valence-electron chi connectivity index (χ1n) is 8.93. The Morgan fingerprint density at radius 2 is 1.57 bits per heavy atom. The molecule has 2 aromatic rings. The third-order valence-corrected chi connectivity index (χ3v) is 5.79. The van der Waals surface area contributed by atoms with Crippen molar-refractivity contribution in [2.45, 2.75) is 4.90 Å². The van der Waals surface area contributed by atoms with Gasteiger partial charge in [-0.3, -0.25) is 10.1 Å². The second-order valence-electron chi connectivity index (χ2n) is 6.10. The van der Waals surface area contributed by atoms with Crippen molar-refractivity contribution in [3.63, 3.8) is 0 Å². The molecule has 12 heteroatoms. The monoisotopic (exact) mass is 438 g/mol. The molecule has 0 spiro atoms. The first kappa shape index (κ1) is 23.3. The molecule has 0 heterocycles. The maximum Gasteiger partial charge on any atom is 0.270 e. The van der Waals surface area contributed by atoms with Crippen molar-refractivity contribution in [1.82, 2.24) is 0 Å². The summed E-state index contributed by atoms with van der Waals surface area (Å²) in [5, 5.41) is 46.1. The molecule has 0 unspecified atom stereocenters. The van der Waals surface area contributed by atoms with Crippen LogP contribution in [0, 0.1) is 10.1 Å². The Morgan fingerprint density at radius 1 is 0.933 bits per heavy atom. The van der Waals surface area contributed by atoms with Crippen molar-refractivity contribution in [3.8, 4) is 0 Å². The SMILES string of the molecule is O=[N+]([O-])c1ccc(/N=N/c2ccc(N(CCO)CCO)cc2)c(S(=O)(=O)CCO)c1. The fourth-order valence-corrected chi connectivity index (χ4v) is 3.82. The smallest absolute Gasteiger partial charge is 0.270 e. The van der Waals surface area contributed by atoms with Gasteiger partial charge in [0.15, 0.2) is 9.84 Å². The Kier molecular flexibility index (Phi) is 8.35. The van der Waals surface area contributed by atoms with Crippen LogP contribution in [0.15, 0.2) is 57.6 Å². The second kappa shape index (κ2) is 10.7. The van der Waals surface area contributed by atoms with Gasteiger partial charge in [0.25, 0.3) is 5.69 Å². The molecule has 0 aromatic heterocycles. The van der Waals surface area contributed by atoms with E-state index in [1.807, 2.05) is 0 Å². The summed E-state index contributed by atoms with van der Waals surface area (Å²) in [5.41, 5.74) is 0.650. The Morgan fingerprint density at radius 3 is 2.10 bits per heavy atom. The van der Waals surface area contributed by atoms with Gasteiger partial charge in [-0.25, -0.2) is 8.42 Å². The first-order valence-corrected chi connectivity index (χ1v) is 10.6. The average molecular weight is 438 g/mol. The van der Waals surface area contributed by atoms with Crippen molar-refractivity contribution in [3.05, 3.63) is 52.6 Å². The Labute approximate surface area is 173 Å². The molecule has 11 nitrogen and oxygen atoms in total. The largest absolute Gasteiger partial charge is 0.395 e. The van der Waals surface area contributed by atoms with E-state index in [0.29, 0.717) is 18.8 Å². The van der Waals surface area contributed by atoms with Gasteiger partial charge < -0.3 is 20.2 Å². The number of rotatable bonds is 11. The predicted octanol–water partition coefficient (Wildman–Crippen LogP) is 1.57. The molecule has 0 amide bonds. The van der Waals surface area contributed by atoms with E-state index in [9.17, 15) is 18.5 Å². The Balaban J connectivity index is 2.34. The third-order valence-electron chi connectivity index (χ3n) is 4.08. The maximum absolute atomic E-state index is 12.4. The van der Waals surface area contributed by atoms with Crippen molar-refractivity contribution in [2.24, 2.45) is 10.2 Å². The summed E-state index contributed by atoms with van der Waals surface area (Å²) in [6.45, 7) is -0.104. The van der Waals surface area contributed by atoms with E-state index in [4.69, 9.17) is 15.3 Å². The predicted molar refractivity (Wildman–Crippen MR) is 109 cm³/mol. The van der Waals surface area contributed by atoms with Crippen LogP contribution in [0.25, 0.3) is 0 Å². The molecule has 0 radical (unpaired) electrons. The molecular formula is C18H22N4O7S. The van der Waals surface area contributed by atoms with Crippen LogP contribution in [-0.4, -0.2) is 67.3 Å². The van der Waals surface area contributed by atoms with Crippen LogP contribution >= 0.6 is 0 Å². The average Bonchev–Trinajstić information content (AvgIpc) is 2.72. The van der Waals surface area contributed by atoms with Crippen LogP contribution in [0.4, 0.5) is 22.7 Å². The maximum atomic E-state index is 12.4. The van der Waals surface area contributed by atoms with E-state index in [1.165, 1.54) is 6.07 Å². The van der Waals surface area contributed by atoms with Gasteiger partial charge in [-0.05, 0) is 30.3 Å². The summed E-state index contributed by atoms with van der Waals surface area (Å²) < 4.78 is 24.7. The number of hydrogen-bond acceptors (Lipinski definition) is 10. The molecule has 0 atom stereocenters. The Hall–Kier alpha value is -2.93. The molecule has 0 aliphatic rings. The fraction of sp³-hybridized carbons (Fsp3) is 0.333. The number of nitro groups is 1. The summed E-state index contributed by atoms with van der Waals surface area (Å²) in [7, 11) is -3.99. The van der Waals surface area contributed by atoms with Gasteiger partial charge in [0.2, 0.25) is 0 Å². The quantitative estimate of drug-likeness (QED) is 0.270. The number of aliphatic hydroxyl groups is 3. The highest BCUT2D eigenvalue weighted by Gasteiger charge is 2.22. The molecule has 0 bridgehead atoms. The highest BCUT2D eigenvalue weighted by atomic mass is 32.2. The number of azo groups is 1. The molecule has 0 saturated carbocycles. The van der Waals surface area contributed by atoms with Crippen molar-refractivity contribution < 1.29 is 28.7 Å². The molecule has 0 aliphatic carbocycles. The van der Waals surface area contributed by atoms with Crippen molar-refractivity contribution in [2.75, 3.05) is 43.6 Å². The topological polar surface area (TPSA) is 166 Å². The molecule has 2 aromatic carbocycles. The van der Waals surface area contributed by atoms with E-state index >= 15 is 0 Å². The lowest BCUT2D eigenvalue weighted by Gasteiger charge is -2.22. The van der Waals surface area contributed by atoms with E-state index in [-0.39, 0.29) is 23.8 Å². The number of hydrogen-bond donors (Lipinski definition) is 3. The highest BCUT2D eigenvalue weighted by Crippen LogP contribution is 2.31. The lowest BCUT2D eigenvalue weighted by atomic mass is 10.2. The van der Waals surface area contributed by atoms with Gasteiger partial charge in [0, 0.05) is 30.9 Å². The minimum absolute atomic E-state index is 0.0767. The summed E-state index contributed by atoms with van der Waals surface area (Å²) in [5.74, 6) is -0.600. The molecule has 2 rings (SSSR count). The summed E-state index contributed by atoms with van der Waals surface area (Å²) in [6, 6.07) is 9.85. The van der Waals surface area contributed by atoms with Crippen LogP contribution in [0.1, 0.15) is 0 Å². The van der Waals surface area contributed by atoms with Crippen LogP contribution in [0.3, 0.4) is 0 Å². The number of aliphatic hydroxyl groups excluding tert-OH is 3. The zero-order chi connectivity index (χ0) is 22.1. The van der Waals surface area contributed by atoms with E-state index in [0.717, 1.165) is 17.8 Å². The highest BCUT2D eigenvalue weighted by molar-refractivity contribution is 7.91. The number of non-ortho nitro benzene ring substituents is 1. The summed E-state index contributed by atoms with van der Waals surface area (Å²) in [4.78, 5) is 11.6. The van der Waals surface area contributed by atoms with Gasteiger partial charge in [-0.15, -0.1) is 5.11 Å². The lowest BCUT2D eigenvalue weighted by molar-refractivity contribution is -0.385. The summed E-state index contributed by atoms with van der Waals surface area (Å²) in [6.07, 6.45) is 0. The van der Waals surface area contributed by atoms with Gasteiger partial charge in [0.05, 0.1) is 36.2 Å². The van der Waals surface area contributed by atoms with E-state index in [1.54, 1.807) is 29.2 Å². The standard InChI is InChI=1S/C18H22N4O7S/c23-9-7-21(8-10-24)15-3-1-14(2-4-15)19-20-17-6-5-16(22(26)27)13-18(17)30(28,29)12-11-25/h1-6,13,23-25H,7-12H2/b20-19+. The van der Waals surface area contributed by atoms with Crippen molar-refractivity contribution in [1.29, 1.82) is 0 Å². The zero-order valence-electron chi connectivity index (χ0n) is 16.0. The van der Waals surface area contributed by atoms with Crippen LogP contribution in [-0.2, 0) is 9.84 Å². The Bertz CT molecular complexity index is 988. The van der Waals surface area contributed by atoms with Crippen LogP contribution < -0.4 is 4.90 Å². The second-order valence-corrected chi connectivity index (χ2v) is 8.18.